The van der Waals surface area contributed by atoms with Crippen LogP contribution in [0.15, 0.2) is 53.4 Å². The van der Waals surface area contributed by atoms with Gasteiger partial charge in [0, 0.05) is 6.54 Å². The van der Waals surface area contributed by atoms with Crippen LogP contribution < -0.4 is 39.8 Å². The van der Waals surface area contributed by atoms with Gasteiger partial charge in [-0.15, -0.1) is 0 Å². The van der Waals surface area contributed by atoms with Gasteiger partial charge in [0.25, 0.3) is 0 Å². The third-order valence-electron chi connectivity index (χ3n) is 7.03. The molecular formula is C29H43N2NaO3S. The van der Waals surface area contributed by atoms with Crippen LogP contribution in [0.3, 0.4) is 0 Å². The summed E-state index contributed by atoms with van der Waals surface area (Å²) in [5, 5.41) is 3.48. The average molecular weight is 523 g/mol. The fourth-order valence-corrected chi connectivity index (χ4v) is 5.81. The molecule has 5 nitrogen and oxygen atoms in total. The summed E-state index contributed by atoms with van der Waals surface area (Å²) in [6.45, 7) is 2.83. The number of hydrogen-bond acceptors (Lipinski definition) is 5. The summed E-state index contributed by atoms with van der Waals surface area (Å²) in [5.41, 5.74) is 2.35. The third kappa shape index (κ3) is 10.0. The fraction of sp³-hybridized carbons (Fsp3) is 0.586. The molecule has 0 saturated heterocycles. The number of nitrogens with one attached hydrogen (secondary N) is 1. The van der Waals surface area contributed by atoms with Gasteiger partial charge in [-0.3, -0.25) is 0 Å². The van der Waals surface area contributed by atoms with E-state index in [4.69, 9.17) is 0 Å². The molecule has 0 saturated carbocycles. The summed E-state index contributed by atoms with van der Waals surface area (Å²) in [6.07, 6.45) is 18.0. The molecule has 0 bridgehead atoms. The van der Waals surface area contributed by atoms with Gasteiger partial charge in [-0.2, -0.15) is 0 Å². The number of hydrogen-bond donors (Lipinski definition) is 1. The van der Waals surface area contributed by atoms with Gasteiger partial charge in [0.2, 0.25) is 0 Å². The van der Waals surface area contributed by atoms with Crippen LogP contribution in [-0.2, 0) is 16.7 Å². The first-order valence-corrected chi connectivity index (χ1v) is 15.1. The summed E-state index contributed by atoms with van der Waals surface area (Å²) in [7, 11) is -4.56. The quantitative estimate of drug-likeness (QED) is 0.183. The molecule has 36 heavy (non-hydrogen) atoms. The minimum atomic E-state index is -4.56. The largest absolute Gasteiger partial charge is 1.00 e. The van der Waals surface area contributed by atoms with Crippen molar-refractivity contribution in [3.8, 4) is 0 Å². The van der Waals surface area contributed by atoms with Crippen LogP contribution in [0, 0.1) is 0 Å². The second-order valence-corrected chi connectivity index (χ2v) is 11.3. The normalized spacial score (nSPS) is 14.8. The Kier molecular flexibility index (Phi) is 14.5. The fourth-order valence-electron chi connectivity index (χ4n) is 5.10. The number of nitrogens with zero attached hydrogens (tertiary/aromatic N) is 1. The molecule has 194 valence electrons. The number of anilines is 2. The monoisotopic (exact) mass is 522 g/mol. The Labute approximate surface area is 241 Å². The molecule has 1 heterocycles. The van der Waals surface area contributed by atoms with E-state index in [1.54, 1.807) is 6.07 Å². The summed E-state index contributed by atoms with van der Waals surface area (Å²) < 4.78 is 35.9. The van der Waals surface area contributed by atoms with E-state index < -0.39 is 10.1 Å². The maximum absolute atomic E-state index is 12.0. The van der Waals surface area contributed by atoms with Crippen molar-refractivity contribution in [2.45, 2.75) is 114 Å². The maximum atomic E-state index is 12.0. The Morgan fingerprint density at radius 1 is 0.778 bits per heavy atom. The zero-order chi connectivity index (χ0) is 24.9. The van der Waals surface area contributed by atoms with Gasteiger partial charge in [0.05, 0.1) is 22.4 Å². The Morgan fingerprint density at radius 3 is 1.89 bits per heavy atom. The molecule has 3 rings (SSSR count). The predicted octanol–water partition coefficient (Wildman–Crippen LogP) is 4.83. The first kappa shape index (κ1) is 31.2. The molecule has 1 N–H and O–H groups in total. The van der Waals surface area contributed by atoms with Crippen molar-refractivity contribution in [3.63, 3.8) is 0 Å². The van der Waals surface area contributed by atoms with Crippen LogP contribution in [0.25, 0.3) is 0 Å². The molecule has 0 amide bonds. The molecular weight excluding hydrogens is 479 g/mol. The Hall–Kier alpha value is -1.05. The van der Waals surface area contributed by atoms with E-state index in [1.165, 1.54) is 83.1 Å². The molecule has 1 aliphatic rings. The standard InChI is InChI=1S/C29H44N2O3S.Na/c1-2-3-4-5-6-7-8-9-10-11-12-13-17-23-28-30-26-21-18-22-27(35(32,33)34)29(26)31(28)24-25-19-15-14-16-20-25;/h14-16,18-22,28,30H,2-13,17,23-24H2,1H3,(H,32,33,34);/q;+1/p-1. The first-order chi connectivity index (χ1) is 17.0. The minimum Gasteiger partial charge on any atom is -0.744 e. The van der Waals surface area contributed by atoms with Crippen LogP contribution in [-0.4, -0.2) is 19.1 Å². The van der Waals surface area contributed by atoms with E-state index in [2.05, 4.69) is 17.1 Å². The maximum Gasteiger partial charge on any atom is 1.00 e. The van der Waals surface area contributed by atoms with Crippen LogP contribution in [0.1, 0.15) is 102 Å². The topological polar surface area (TPSA) is 72.5 Å². The molecule has 0 fully saturated rings. The van der Waals surface area contributed by atoms with Crippen molar-refractivity contribution in [3.05, 3.63) is 54.1 Å². The van der Waals surface area contributed by atoms with E-state index >= 15 is 0 Å². The first-order valence-electron chi connectivity index (χ1n) is 13.7. The second kappa shape index (κ2) is 16.7. The van der Waals surface area contributed by atoms with Gasteiger partial charge >= 0.3 is 29.6 Å². The SMILES string of the molecule is CCCCCCCCCCCCCCCC1Nc2cccc(S(=O)(=O)[O-])c2N1Cc1ccccc1.[Na+]. The number of benzene rings is 2. The molecule has 1 unspecified atom stereocenters. The zero-order valence-electron chi connectivity index (χ0n) is 22.4. The van der Waals surface area contributed by atoms with Gasteiger partial charge in [0.15, 0.2) is 0 Å². The molecule has 7 heteroatoms. The van der Waals surface area contributed by atoms with Crippen molar-refractivity contribution < 1.29 is 42.5 Å². The Bertz CT molecular complexity index is 985. The van der Waals surface area contributed by atoms with Gasteiger partial charge in [-0.1, -0.05) is 120 Å². The van der Waals surface area contributed by atoms with E-state index in [-0.39, 0.29) is 40.6 Å². The van der Waals surface area contributed by atoms with Crippen LogP contribution in [0.2, 0.25) is 0 Å². The molecule has 0 aromatic heterocycles. The molecule has 0 radical (unpaired) electrons. The van der Waals surface area contributed by atoms with Crippen molar-refractivity contribution >= 4 is 21.5 Å². The summed E-state index contributed by atoms with van der Waals surface area (Å²) in [5.74, 6) is 0. The molecule has 1 atom stereocenters. The zero-order valence-corrected chi connectivity index (χ0v) is 25.2. The van der Waals surface area contributed by atoms with Gasteiger partial charge in [0.1, 0.15) is 10.1 Å². The predicted molar refractivity (Wildman–Crippen MR) is 145 cm³/mol. The molecule has 0 spiro atoms. The molecule has 2 aromatic carbocycles. The Balaban J connectivity index is 0.00000456. The van der Waals surface area contributed by atoms with Crippen molar-refractivity contribution in [2.75, 3.05) is 10.2 Å². The minimum absolute atomic E-state index is 0. The van der Waals surface area contributed by atoms with Crippen molar-refractivity contribution in [1.29, 1.82) is 0 Å². The van der Waals surface area contributed by atoms with Gasteiger partial charge in [-0.25, -0.2) is 8.42 Å². The van der Waals surface area contributed by atoms with Crippen molar-refractivity contribution in [2.24, 2.45) is 0 Å². The number of para-hydroxylation sites is 1. The van der Waals surface area contributed by atoms with Crippen LogP contribution >= 0.6 is 0 Å². The molecule has 2 aromatic rings. The van der Waals surface area contributed by atoms with E-state index in [1.807, 2.05) is 36.4 Å². The van der Waals surface area contributed by atoms with E-state index in [0.717, 1.165) is 24.1 Å². The number of rotatable bonds is 17. The second-order valence-electron chi connectivity index (χ2n) is 9.91. The summed E-state index contributed by atoms with van der Waals surface area (Å²) >= 11 is 0. The van der Waals surface area contributed by atoms with Crippen LogP contribution in [0.4, 0.5) is 11.4 Å². The molecule has 1 aliphatic heterocycles. The van der Waals surface area contributed by atoms with Crippen molar-refractivity contribution in [1.82, 2.24) is 0 Å². The number of unbranched alkanes of at least 4 members (excludes halogenated alkanes) is 12. The Morgan fingerprint density at radius 2 is 1.33 bits per heavy atom. The van der Waals surface area contributed by atoms with Gasteiger partial charge < -0.3 is 14.8 Å². The van der Waals surface area contributed by atoms with E-state index in [9.17, 15) is 13.0 Å². The average Bonchev–Trinajstić information content (AvgIpc) is 3.19. The van der Waals surface area contributed by atoms with E-state index in [0.29, 0.717) is 12.2 Å². The summed E-state index contributed by atoms with van der Waals surface area (Å²) in [4.78, 5) is 1.93. The third-order valence-corrected chi connectivity index (χ3v) is 7.90. The molecule has 0 aliphatic carbocycles. The van der Waals surface area contributed by atoms with Gasteiger partial charge in [-0.05, 0) is 30.5 Å². The summed E-state index contributed by atoms with van der Waals surface area (Å²) in [6, 6.07) is 14.9. The smallest absolute Gasteiger partial charge is 0.744 e. The number of fused-ring (bicyclic) bond motifs is 1. The van der Waals surface area contributed by atoms with Crippen LogP contribution in [0.5, 0.6) is 0 Å².